The number of benzene rings is 2. The van der Waals surface area contributed by atoms with Crippen LogP contribution in [0.4, 0.5) is 5.69 Å². The van der Waals surface area contributed by atoms with E-state index in [1.54, 1.807) is 50.2 Å². The highest BCUT2D eigenvalue weighted by molar-refractivity contribution is 7.92. The summed E-state index contributed by atoms with van der Waals surface area (Å²) in [7, 11) is -3.60. The number of anilines is 1. The fourth-order valence-corrected chi connectivity index (χ4v) is 5.20. The van der Waals surface area contributed by atoms with Gasteiger partial charge in [0.25, 0.3) is 0 Å². The van der Waals surface area contributed by atoms with Gasteiger partial charge in [0.15, 0.2) is 0 Å². The van der Waals surface area contributed by atoms with Crippen LogP contribution in [0.2, 0.25) is 10.0 Å². The van der Waals surface area contributed by atoms with E-state index < -0.39 is 16.1 Å². The predicted octanol–water partition coefficient (Wildman–Crippen LogP) is 5.18. The second-order valence-electron chi connectivity index (χ2n) is 8.79. The number of rotatable bonds is 13. The van der Waals surface area contributed by atoms with E-state index in [9.17, 15) is 18.0 Å². The quantitative estimate of drug-likeness (QED) is 0.345. The Morgan fingerprint density at radius 1 is 1.08 bits per heavy atom. The molecule has 0 saturated carbocycles. The fourth-order valence-electron chi connectivity index (χ4n) is 3.80. The molecule has 2 amide bonds. The highest BCUT2D eigenvalue weighted by Gasteiger charge is 2.27. The first-order valence-electron chi connectivity index (χ1n) is 12.0. The van der Waals surface area contributed by atoms with Gasteiger partial charge in [-0.15, -0.1) is 0 Å². The molecule has 1 atom stereocenters. The zero-order chi connectivity index (χ0) is 26.9. The van der Waals surface area contributed by atoms with E-state index in [4.69, 9.17) is 23.2 Å². The summed E-state index contributed by atoms with van der Waals surface area (Å²) in [5.74, 6) is -0.476. The molecule has 1 unspecified atom stereocenters. The molecule has 0 spiro atoms. The van der Waals surface area contributed by atoms with Crippen LogP contribution >= 0.6 is 23.2 Å². The molecule has 1 N–H and O–H groups in total. The lowest BCUT2D eigenvalue weighted by Crippen LogP contribution is -2.48. The molecule has 0 fully saturated rings. The van der Waals surface area contributed by atoms with Crippen LogP contribution in [-0.4, -0.2) is 50.5 Å². The molecule has 0 aliphatic carbocycles. The molecule has 2 aromatic carbocycles. The van der Waals surface area contributed by atoms with E-state index in [-0.39, 0.29) is 37.7 Å². The molecule has 0 aliphatic heterocycles. The average molecular weight is 557 g/mol. The number of amides is 2. The molecule has 0 aromatic heterocycles. The van der Waals surface area contributed by atoms with Crippen LogP contribution in [0.15, 0.2) is 42.5 Å². The Labute approximate surface area is 224 Å². The number of halogens is 2. The van der Waals surface area contributed by atoms with Crippen LogP contribution in [0.5, 0.6) is 0 Å². The molecule has 2 aromatic rings. The Kier molecular flexibility index (Phi) is 11.5. The fraction of sp³-hybridized carbons (Fsp3) is 0.462. The summed E-state index contributed by atoms with van der Waals surface area (Å²) < 4.78 is 26.3. The number of hydrogen-bond acceptors (Lipinski definition) is 4. The average Bonchev–Trinajstić information content (AvgIpc) is 2.81. The molecular weight excluding hydrogens is 521 g/mol. The van der Waals surface area contributed by atoms with Gasteiger partial charge >= 0.3 is 0 Å². The molecule has 0 heterocycles. The molecule has 10 heteroatoms. The monoisotopic (exact) mass is 555 g/mol. The smallest absolute Gasteiger partial charge is 0.242 e. The lowest BCUT2D eigenvalue weighted by atomic mass is 10.1. The van der Waals surface area contributed by atoms with Gasteiger partial charge in [0.05, 0.1) is 11.9 Å². The normalized spacial score (nSPS) is 12.2. The van der Waals surface area contributed by atoms with Gasteiger partial charge in [-0.2, -0.15) is 0 Å². The maximum absolute atomic E-state index is 13.3. The number of nitrogens with zero attached hydrogens (tertiary/aromatic N) is 2. The van der Waals surface area contributed by atoms with Crippen molar-refractivity contribution in [2.45, 2.75) is 59.0 Å². The van der Waals surface area contributed by atoms with Crippen molar-refractivity contribution in [3.05, 3.63) is 63.6 Å². The predicted molar refractivity (Wildman–Crippen MR) is 147 cm³/mol. The van der Waals surface area contributed by atoms with E-state index in [1.807, 2.05) is 13.0 Å². The maximum atomic E-state index is 13.3. The molecule has 198 valence electrons. The highest BCUT2D eigenvalue weighted by atomic mass is 35.5. The molecule has 0 saturated heterocycles. The van der Waals surface area contributed by atoms with Crippen molar-refractivity contribution in [1.29, 1.82) is 0 Å². The molecular formula is C26H35Cl2N3O4S. The molecule has 0 bridgehead atoms. The first-order chi connectivity index (χ1) is 17.0. The minimum Gasteiger partial charge on any atom is -0.354 e. The summed E-state index contributed by atoms with van der Waals surface area (Å²) in [6.45, 7) is 6.35. The third-order valence-electron chi connectivity index (χ3n) is 5.90. The number of nitrogens with one attached hydrogen (secondary N) is 1. The van der Waals surface area contributed by atoms with Crippen LogP contribution in [0.25, 0.3) is 0 Å². The standard InChI is InChI=1S/C26H35Cl2N3O4S/c1-5-6-15-29-26(33)20(3)30(18-21-10-7-11-22(27)17-21)25(32)14-9-16-31(36(4,34)35)24-13-8-12-23(28)19(24)2/h7-8,10-13,17,20H,5-6,9,14-16,18H2,1-4H3,(H,29,33). The van der Waals surface area contributed by atoms with Gasteiger partial charge < -0.3 is 10.2 Å². The molecule has 0 radical (unpaired) electrons. The van der Waals surface area contributed by atoms with Crippen molar-refractivity contribution in [2.75, 3.05) is 23.7 Å². The van der Waals surface area contributed by atoms with E-state index in [2.05, 4.69) is 5.32 Å². The van der Waals surface area contributed by atoms with E-state index in [0.717, 1.165) is 24.7 Å². The topological polar surface area (TPSA) is 86.8 Å². The third-order valence-corrected chi connectivity index (χ3v) is 7.72. The van der Waals surface area contributed by atoms with Gasteiger partial charge in [0.1, 0.15) is 6.04 Å². The summed E-state index contributed by atoms with van der Waals surface area (Å²) in [5.41, 5.74) is 1.93. The first kappa shape index (κ1) is 29.9. The van der Waals surface area contributed by atoms with Crippen molar-refractivity contribution in [1.82, 2.24) is 10.2 Å². The molecule has 2 rings (SSSR count). The van der Waals surface area contributed by atoms with Gasteiger partial charge in [-0.05, 0) is 62.1 Å². The van der Waals surface area contributed by atoms with Crippen LogP contribution in [0.3, 0.4) is 0 Å². The lowest BCUT2D eigenvalue weighted by molar-refractivity contribution is -0.140. The van der Waals surface area contributed by atoms with Gasteiger partial charge in [-0.1, -0.05) is 54.7 Å². The minimum absolute atomic E-state index is 0.0682. The number of hydrogen-bond donors (Lipinski definition) is 1. The van der Waals surface area contributed by atoms with Crippen LogP contribution in [0, 0.1) is 6.92 Å². The van der Waals surface area contributed by atoms with E-state index >= 15 is 0 Å². The van der Waals surface area contributed by atoms with Crippen LogP contribution < -0.4 is 9.62 Å². The summed E-state index contributed by atoms with van der Waals surface area (Å²) in [5, 5.41) is 3.89. The van der Waals surface area contributed by atoms with E-state index in [1.165, 1.54) is 9.21 Å². The Morgan fingerprint density at radius 2 is 1.78 bits per heavy atom. The van der Waals surface area contributed by atoms with Crippen molar-refractivity contribution in [3.8, 4) is 0 Å². The van der Waals surface area contributed by atoms with Crippen LogP contribution in [-0.2, 0) is 26.2 Å². The number of unbranched alkanes of at least 4 members (excludes halogenated alkanes) is 1. The zero-order valence-corrected chi connectivity index (χ0v) is 23.6. The number of carbonyl (C=O) groups is 2. The highest BCUT2D eigenvalue weighted by Crippen LogP contribution is 2.28. The van der Waals surface area contributed by atoms with Crippen LogP contribution in [0.1, 0.15) is 50.7 Å². The maximum Gasteiger partial charge on any atom is 0.242 e. The summed E-state index contributed by atoms with van der Waals surface area (Å²) >= 11 is 12.3. The Hall–Kier alpha value is -2.29. The SMILES string of the molecule is CCCCNC(=O)C(C)N(Cc1cccc(Cl)c1)C(=O)CCCN(c1cccc(Cl)c1C)S(C)(=O)=O. The number of sulfonamides is 1. The zero-order valence-electron chi connectivity index (χ0n) is 21.3. The number of carbonyl (C=O) groups excluding carboxylic acids is 2. The largest absolute Gasteiger partial charge is 0.354 e. The summed E-state index contributed by atoms with van der Waals surface area (Å²) in [4.78, 5) is 27.6. The van der Waals surface area contributed by atoms with E-state index in [0.29, 0.717) is 27.8 Å². The van der Waals surface area contributed by atoms with Crippen molar-refractivity contribution in [3.63, 3.8) is 0 Å². The second kappa shape index (κ2) is 13.9. The molecule has 0 aliphatic rings. The summed E-state index contributed by atoms with van der Waals surface area (Å²) in [6.07, 6.45) is 3.27. The Balaban J connectivity index is 2.18. The second-order valence-corrected chi connectivity index (χ2v) is 11.5. The molecule has 36 heavy (non-hydrogen) atoms. The van der Waals surface area contributed by atoms with Crippen molar-refractivity contribution >= 4 is 50.7 Å². The molecule has 7 nitrogen and oxygen atoms in total. The van der Waals surface area contributed by atoms with Crippen molar-refractivity contribution < 1.29 is 18.0 Å². The minimum atomic E-state index is -3.60. The Morgan fingerprint density at radius 3 is 2.42 bits per heavy atom. The lowest BCUT2D eigenvalue weighted by Gasteiger charge is -2.29. The van der Waals surface area contributed by atoms with Gasteiger partial charge in [0, 0.05) is 36.1 Å². The Bertz CT molecular complexity index is 1160. The van der Waals surface area contributed by atoms with Crippen molar-refractivity contribution in [2.24, 2.45) is 0 Å². The van der Waals surface area contributed by atoms with Gasteiger partial charge in [0.2, 0.25) is 21.8 Å². The van der Waals surface area contributed by atoms with Gasteiger partial charge in [-0.3, -0.25) is 13.9 Å². The first-order valence-corrected chi connectivity index (χ1v) is 14.6. The third kappa shape index (κ3) is 8.68. The summed E-state index contributed by atoms with van der Waals surface area (Å²) in [6, 6.07) is 11.5. The van der Waals surface area contributed by atoms with Gasteiger partial charge in [-0.25, -0.2) is 8.42 Å².